The summed E-state index contributed by atoms with van der Waals surface area (Å²) in [6.45, 7) is 5.64. The Morgan fingerprint density at radius 3 is 2.26 bits per heavy atom. The quantitative estimate of drug-likeness (QED) is 0.509. The third-order valence-corrected chi connectivity index (χ3v) is 5.24. The number of urea groups is 1. The number of hydrogen-bond donors (Lipinski definition) is 3. The summed E-state index contributed by atoms with van der Waals surface area (Å²) in [7, 11) is 3.12. The van der Waals surface area contributed by atoms with Crippen LogP contribution in [0.4, 0.5) is 4.79 Å². The van der Waals surface area contributed by atoms with E-state index in [1.807, 2.05) is 13.8 Å². The van der Waals surface area contributed by atoms with Gasteiger partial charge in [0.1, 0.15) is 11.8 Å². The van der Waals surface area contributed by atoms with Crippen LogP contribution in [0.2, 0.25) is 0 Å². The molecule has 0 saturated carbocycles. The minimum Gasteiger partial charge on any atom is -0.497 e. The fourth-order valence-electron chi connectivity index (χ4n) is 3.52. The highest BCUT2D eigenvalue weighted by atomic mass is 16.5. The molecule has 0 aliphatic carbocycles. The summed E-state index contributed by atoms with van der Waals surface area (Å²) >= 11 is 0. The second-order valence-corrected chi connectivity index (χ2v) is 7.89. The summed E-state index contributed by atoms with van der Waals surface area (Å²) in [5, 5.41) is 8.61. The highest BCUT2D eigenvalue weighted by Crippen LogP contribution is 2.22. The Hall–Kier alpha value is -2.81. The van der Waals surface area contributed by atoms with Crippen LogP contribution in [0.15, 0.2) is 24.3 Å². The molecule has 0 spiro atoms. The Bertz CT molecular complexity index is 730. The van der Waals surface area contributed by atoms with Crippen molar-refractivity contribution in [2.75, 3.05) is 40.5 Å². The molecule has 1 saturated heterocycles. The lowest BCUT2D eigenvalue weighted by Gasteiger charge is -2.36. The number of nitrogens with zero attached hydrogens (tertiary/aromatic N) is 1. The molecule has 31 heavy (non-hydrogen) atoms. The largest absolute Gasteiger partial charge is 0.497 e. The van der Waals surface area contributed by atoms with Gasteiger partial charge in [-0.05, 0) is 56.9 Å². The highest BCUT2D eigenvalue weighted by molar-refractivity contribution is 5.97. The molecule has 9 nitrogen and oxygen atoms in total. The molecule has 3 N–H and O–H groups in total. The molecular formula is C22H34N4O5. The number of rotatable bonds is 9. The van der Waals surface area contributed by atoms with Crippen molar-refractivity contribution in [3.63, 3.8) is 0 Å². The molecule has 172 valence electrons. The molecule has 9 heteroatoms. The maximum atomic E-state index is 12.9. The number of hydrogen-bond acceptors (Lipinski definition) is 5. The summed E-state index contributed by atoms with van der Waals surface area (Å²) in [5.41, 5.74) is 0.448. The maximum Gasteiger partial charge on any atom is 0.317 e. The number of amides is 4. The van der Waals surface area contributed by atoms with Crippen molar-refractivity contribution >= 4 is 17.8 Å². The van der Waals surface area contributed by atoms with E-state index >= 15 is 0 Å². The van der Waals surface area contributed by atoms with E-state index < -0.39 is 6.04 Å². The van der Waals surface area contributed by atoms with Crippen molar-refractivity contribution in [3.8, 4) is 5.75 Å². The summed E-state index contributed by atoms with van der Waals surface area (Å²) in [6, 6.07) is 6.00. The van der Waals surface area contributed by atoms with Crippen LogP contribution >= 0.6 is 0 Å². The third-order valence-electron chi connectivity index (χ3n) is 5.24. The molecule has 2 rings (SSSR count). The van der Waals surface area contributed by atoms with Gasteiger partial charge < -0.3 is 30.3 Å². The summed E-state index contributed by atoms with van der Waals surface area (Å²) in [5.74, 6) is 0.00353. The van der Waals surface area contributed by atoms with Crippen molar-refractivity contribution in [2.24, 2.45) is 5.92 Å². The van der Waals surface area contributed by atoms with Crippen LogP contribution in [-0.2, 0) is 9.53 Å². The Labute approximate surface area is 183 Å². The lowest BCUT2D eigenvalue weighted by molar-refractivity contribution is -0.124. The van der Waals surface area contributed by atoms with Crippen molar-refractivity contribution < 1.29 is 23.9 Å². The monoisotopic (exact) mass is 434 g/mol. The van der Waals surface area contributed by atoms with E-state index in [1.165, 1.54) is 0 Å². The maximum absolute atomic E-state index is 12.9. The van der Waals surface area contributed by atoms with E-state index in [4.69, 9.17) is 9.47 Å². The minimum atomic E-state index is -0.693. The number of likely N-dealkylation sites (tertiary alicyclic amines) is 1. The molecule has 1 aliphatic rings. The fourth-order valence-corrected chi connectivity index (χ4v) is 3.52. The van der Waals surface area contributed by atoms with Gasteiger partial charge in [-0.1, -0.05) is 0 Å². The first-order chi connectivity index (χ1) is 14.8. The van der Waals surface area contributed by atoms with E-state index in [9.17, 15) is 14.4 Å². The molecule has 1 aromatic rings. The van der Waals surface area contributed by atoms with Crippen LogP contribution < -0.4 is 20.7 Å². The van der Waals surface area contributed by atoms with E-state index in [1.54, 1.807) is 43.4 Å². The second-order valence-electron chi connectivity index (χ2n) is 7.89. The molecule has 1 aliphatic heterocycles. The molecule has 0 bridgehead atoms. The van der Waals surface area contributed by atoms with E-state index in [0.29, 0.717) is 50.4 Å². The van der Waals surface area contributed by atoms with Gasteiger partial charge in [0.05, 0.1) is 13.7 Å². The van der Waals surface area contributed by atoms with E-state index in [2.05, 4.69) is 16.0 Å². The van der Waals surface area contributed by atoms with Crippen molar-refractivity contribution in [1.29, 1.82) is 0 Å². The Balaban J connectivity index is 2.05. The normalized spacial score (nSPS) is 15.3. The number of benzene rings is 1. The average molecular weight is 435 g/mol. The second kappa shape index (κ2) is 12.1. The first-order valence-electron chi connectivity index (χ1n) is 10.6. The molecule has 1 fully saturated rings. The highest BCUT2D eigenvalue weighted by Gasteiger charge is 2.34. The Morgan fingerprint density at radius 1 is 1.06 bits per heavy atom. The molecule has 1 atom stereocenters. The molecule has 1 aromatic carbocycles. The third kappa shape index (κ3) is 7.43. The lowest BCUT2D eigenvalue weighted by atomic mass is 9.88. The van der Waals surface area contributed by atoms with Gasteiger partial charge in [-0.2, -0.15) is 0 Å². The first kappa shape index (κ1) is 24.5. The standard InChI is InChI=1S/C22H34N4O5/c1-15(2)24-22(29)26-12-9-16(10-13-26)19(21(28)23-11-14-30-3)25-20(27)17-5-7-18(31-4)8-6-17/h5-8,15-16,19H,9-14H2,1-4H3,(H,23,28)(H,24,29)(H,25,27)/t19-/m1/s1. The predicted octanol–water partition coefficient (Wildman–Crippen LogP) is 1.39. The Morgan fingerprint density at radius 2 is 1.71 bits per heavy atom. The van der Waals surface area contributed by atoms with Gasteiger partial charge in [0.2, 0.25) is 5.91 Å². The zero-order valence-electron chi connectivity index (χ0n) is 18.8. The number of nitrogens with one attached hydrogen (secondary N) is 3. The first-order valence-corrected chi connectivity index (χ1v) is 10.6. The van der Waals surface area contributed by atoms with Crippen LogP contribution in [0.1, 0.15) is 37.0 Å². The Kier molecular flexibility index (Phi) is 9.58. The topological polar surface area (TPSA) is 109 Å². The smallest absolute Gasteiger partial charge is 0.317 e. The molecule has 0 unspecified atom stereocenters. The number of carbonyl (C=O) groups excluding carboxylic acids is 3. The van der Waals surface area contributed by atoms with Gasteiger partial charge >= 0.3 is 6.03 Å². The zero-order chi connectivity index (χ0) is 22.8. The van der Waals surface area contributed by atoms with Gasteiger partial charge in [0.25, 0.3) is 5.91 Å². The van der Waals surface area contributed by atoms with Crippen LogP contribution in [0.25, 0.3) is 0 Å². The average Bonchev–Trinajstić information content (AvgIpc) is 2.77. The zero-order valence-corrected chi connectivity index (χ0v) is 18.8. The van der Waals surface area contributed by atoms with Crippen LogP contribution in [0.5, 0.6) is 5.75 Å². The van der Waals surface area contributed by atoms with Gasteiger partial charge in [-0.3, -0.25) is 9.59 Å². The number of piperidine rings is 1. The number of methoxy groups -OCH3 is 2. The van der Waals surface area contributed by atoms with E-state index in [-0.39, 0.29) is 29.8 Å². The molecular weight excluding hydrogens is 400 g/mol. The van der Waals surface area contributed by atoms with Crippen molar-refractivity contribution in [3.05, 3.63) is 29.8 Å². The van der Waals surface area contributed by atoms with Gasteiger partial charge in [-0.25, -0.2) is 4.79 Å². The fraction of sp³-hybridized carbons (Fsp3) is 0.591. The lowest BCUT2D eigenvalue weighted by Crippen LogP contribution is -2.55. The molecule has 0 aromatic heterocycles. The van der Waals surface area contributed by atoms with Gasteiger partial charge in [0.15, 0.2) is 0 Å². The summed E-state index contributed by atoms with van der Waals surface area (Å²) in [4.78, 5) is 39.6. The number of carbonyl (C=O) groups is 3. The van der Waals surface area contributed by atoms with Crippen molar-refractivity contribution in [2.45, 2.75) is 38.8 Å². The van der Waals surface area contributed by atoms with Crippen LogP contribution in [-0.4, -0.2) is 75.3 Å². The molecule has 0 radical (unpaired) electrons. The van der Waals surface area contributed by atoms with Crippen LogP contribution in [0, 0.1) is 5.92 Å². The minimum absolute atomic E-state index is 0.0633. The van der Waals surface area contributed by atoms with E-state index in [0.717, 1.165) is 0 Å². The molecule has 1 heterocycles. The molecule has 4 amide bonds. The van der Waals surface area contributed by atoms with Gasteiger partial charge in [0, 0.05) is 38.3 Å². The van der Waals surface area contributed by atoms with Crippen molar-refractivity contribution in [1.82, 2.24) is 20.9 Å². The SMILES string of the molecule is COCCNC(=O)[C@H](NC(=O)c1ccc(OC)cc1)C1CCN(C(=O)NC(C)C)CC1. The summed E-state index contributed by atoms with van der Waals surface area (Å²) in [6.07, 6.45) is 1.24. The number of ether oxygens (including phenoxy) is 2. The van der Waals surface area contributed by atoms with Gasteiger partial charge in [-0.15, -0.1) is 0 Å². The summed E-state index contributed by atoms with van der Waals surface area (Å²) < 4.78 is 10.1. The predicted molar refractivity (Wildman–Crippen MR) is 117 cm³/mol. The van der Waals surface area contributed by atoms with Crippen LogP contribution in [0.3, 0.4) is 0 Å².